The summed E-state index contributed by atoms with van der Waals surface area (Å²) in [6.45, 7) is 0.0166. The van der Waals surface area contributed by atoms with Crippen molar-refractivity contribution in [3.63, 3.8) is 0 Å². The number of anilines is 1. The summed E-state index contributed by atoms with van der Waals surface area (Å²) in [6, 6.07) is 6.26. The Morgan fingerprint density at radius 1 is 1.31 bits per heavy atom. The molecule has 0 saturated carbocycles. The van der Waals surface area contributed by atoms with Crippen LogP contribution in [0.1, 0.15) is 16.1 Å². The second-order valence-electron chi connectivity index (χ2n) is 5.59. The predicted octanol–water partition coefficient (Wildman–Crippen LogP) is 4.20. The second kappa shape index (κ2) is 7.63. The van der Waals surface area contributed by atoms with Crippen LogP contribution in [0.4, 0.5) is 11.4 Å². The first-order valence-electron chi connectivity index (χ1n) is 7.55. The van der Waals surface area contributed by atoms with Crippen molar-refractivity contribution in [1.82, 2.24) is 4.98 Å². The molecule has 134 valence electrons. The highest BCUT2D eigenvalue weighted by Crippen LogP contribution is 2.28. The third-order valence-corrected chi connectivity index (χ3v) is 5.18. The lowest BCUT2D eigenvalue weighted by Gasteiger charge is -2.13. The van der Waals surface area contributed by atoms with Gasteiger partial charge < -0.3 is 9.64 Å². The van der Waals surface area contributed by atoms with Crippen LogP contribution in [0.25, 0.3) is 10.6 Å². The number of ether oxygens (including phenoxy) is 1. The van der Waals surface area contributed by atoms with E-state index in [9.17, 15) is 14.9 Å². The first kappa shape index (κ1) is 18.0. The van der Waals surface area contributed by atoms with Crippen LogP contribution in [0.2, 0.25) is 0 Å². The standard InChI is InChI=1S/C17H15N3O4S2/c1-19(2)14-4-3-11(7-15(14)20(22)23)17(21)24-8-13-10-26-16(18-13)12-5-6-25-9-12/h3-7,9-10H,8H2,1-2H3. The maximum Gasteiger partial charge on any atom is 0.338 e. The Kier molecular flexibility index (Phi) is 5.29. The molecule has 0 amide bonds. The van der Waals surface area contributed by atoms with E-state index in [0.717, 1.165) is 10.6 Å². The molecule has 0 bridgehead atoms. The lowest BCUT2D eigenvalue weighted by molar-refractivity contribution is -0.384. The van der Waals surface area contributed by atoms with Gasteiger partial charge in [-0.3, -0.25) is 10.1 Å². The smallest absolute Gasteiger partial charge is 0.338 e. The minimum Gasteiger partial charge on any atom is -0.456 e. The maximum absolute atomic E-state index is 12.2. The van der Waals surface area contributed by atoms with Gasteiger partial charge in [-0.2, -0.15) is 11.3 Å². The van der Waals surface area contributed by atoms with Crippen LogP contribution < -0.4 is 4.90 Å². The van der Waals surface area contributed by atoms with Gasteiger partial charge in [0.2, 0.25) is 0 Å². The lowest BCUT2D eigenvalue weighted by atomic mass is 10.1. The van der Waals surface area contributed by atoms with Crippen molar-refractivity contribution in [1.29, 1.82) is 0 Å². The number of carbonyl (C=O) groups excluding carboxylic acids is 1. The second-order valence-corrected chi connectivity index (χ2v) is 7.23. The zero-order valence-electron chi connectivity index (χ0n) is 14.0. The Labute approximate surface area is 157 Å². The summed E-state index contributed by atoms with van der Waals surface area (Å²) in [5, 5.41) is 17.9. The molecule has 0 aliphatic rings. The molecule has 0 atom stereocenters. The molecule has 0 fully saturated rings. The number of nitro benzene ring substituents is 1. The molecule has 0 aliphatic heterocycles. The molecule has 3 rings (SSSR count). The van der Waals surface area contributed by atoms with Crippen LogP contribution in [0.15, 0.2) is 40.4 Å². The van der Waals surface area contributed by atoms with Gasteiger partial charge >= 0.3 is 5.97 Å². The number of rotatable bonds is 6. The highest BCUT2D eigenvalue weighted by Gasteiger charge is 2.19. The van der Waals surface area contributed by atoms with Crippen molar-refractivity contribution in [2.24, 2.45) is 0 Å². The number of nitro groups is 1. The summed E-state index contributed by atoms with van der Waals surface area (Å²) < 4.78 is 5.25. The van der Waals surface area contributed by atoms with E-state index < -0.39 is 10.9 Å². The fourth-order valence-electron chi connectivity index (χ4n) is 2.29. The Morgan fingerprint density at radius 2 is 2.12 bits per heavy atom. The zero-order chi connectivity index (χ0) is 18.7. The molecule has 0 N–H and O–H groups in total. The third-order valence-electron chi connectivity index (χ3n) is 3.56. The van der Waals surface area contributed by atoms with Gasteiger partial charge in [0.25, 0.3) is 5.69 Å². The van der Waals surface area contributed by atoms with E-state index in [0.29, 0.717) is 11.4 Å². The number of hydrogen-bond acceptors (Lipinski definition) is 8. The van der Waals surface area contributed by atoms with Crippen LogP contribution in [0.3, 0.4) is 0 Å². The minimum absolute atomic E-state index is 0.0166. The average Bonchev–Trinajstić information content (AvgIpc) is 3.30. The van der Waals surface area contributed by atoms with Gasteiger partial charge in [0.15, 0.2) is 0 Å². The summed E-state index contributed by atoms with van der Waals surface area (Å²) in [6.07, 6.45) is 0. The molecule has 0 spiro atoms. The molecular weight excluding hydrogens is 374 g/mol. The van der Waals surface area contributed by atoms with Gasteiger partial charge in [-0.15, -0.1) is 11.3 Å². The van der Waals surface area contributed by atoms with E-state index in [1.54, 1.807) is 30.3 Å². The first-order valence-corrected chi connectivity index (χ1v) is 9.38. The van der Waals surface area contributed by atoms with Crippen molar-refractivity contribution in [3.8, 4) is 10.6 Å². The van der Waals surface area contributed by atoms with Gasteiger partial charge in [0.1, 0.15) is 17.3 Å². The van der Waals surface area contributed by atoms with Crippen LogP contribution in [-0.4, -0.2) is 30.0 Å². The summed E-state index contributed by atoms with van der Waals surface area (Å²) in [4.78, 5) is 29.0. The molecule has 7 nitrogen and oxygen atoms in total. The van der Waals surface area contributed by atoms with Crippen LogP contribution in [0, 0.1) is 10.1 Å². The molecule has 2 heterocycles. The average molecular weight is 389 g/mol. The van der Waals surface area contributed by atoms with Crippen molar-refractivity contribution >= 4 is 40.0 Å². The Balaban J connectivity index is 1.70. The molecule has 3 aromatic rings. The number of thiazole rings is 1. The predicted molar refractivity (Wildman–Crippen MR) is 102 cm³/mol. The Morgan fingerprint density at radius 3 is 2.77 bits per heavy atom. The summed E-state index contributed by atoms with van der Waals surface area (Å²) in [5.74, 6) is -0.622. The summed E-state index contributed by atoms with van der Waals surface area (Å²) in [7, 11) is 3.40. The number of aromatic nitrogens is 1. The zero-order valence-corrected chi connectivity index (χ0v) is 15.7. The normalized spacial score (nSPS) is 10.5. The minimum atomic E-state index is -0.622. The molecule has 1 aromatic carbocycles. The molecule has 26 heavy (non-hydrogen) atoms. The molecular formula is C17H15N3O4S2. The molecule has 9 heteroatoms. The molecule has 0 aliphatic carbocycles. The van der Waals surface area contributed by atoms with E-state index in [1.807, 2.05) is 22.2 Å². The molecule has 2 aromatic heterocycles. The number of nitrogens with zero attached hydrogens (tertiary/aromatic N) is 3. The molecule has 0 saturated heterocycles. The van der Waals surface area contributed by atoms with Gasteiger partial charge in [-0.1, -0.05) is 0 Å². The quantitative estimate of drug-likeness (QED) is 0.357. The van der Waals surface area contributed by atoms with E-state index in [1.165, 1.54) is 29.5 Å². The van der Waals surface area contributed by atoms with E-state index in [-0.39, 0.29) is 17.9 Å². The lowest BCUT2D eigenvalue weighted by Crippen LogP contribution is -2.12. The number of carbonyl (C=O) groups is 1. The first-order chi connectivity index (χ1) is 12.5. The Bertz CT molecular complexity index is 935. The van der Waals surface area contributed by atoms with Crippen molar-refractivity contribution < 1.29 is 14.5 Å². The van der Waals surface area contributed by atoms with Crippen LogP contribution in [-0.2, 0) is 11.3 Å². The van der Waals surface area contributed by atoms with Crippen molar-refractivity contribution in [2.75, 3.05) is 19.0 Å². The van der Waals surface area contributed by atoms with Crippen molar-refractivity contribution in [3.05, 3.63) is 61.8 Å². The summed E-state index contributed by atoms with van der Waals surface area (Å²) >= 11 is 3.06. The monoisotopic (exact) mass is 389 g/mol. The highest BCUT2D eigenvalue weighted by molar-refractivity contribution is 7.14. The maximum atomic E-state index is 12.2. The number of esters is 1. The SMILES string of the molecule is CN(C)c1ccc(C(=O)OCc2csc(-c3ccsc3)n2)cc1[N+](=O)[O-]. The fourth-order valence-corrected chi connectivity index (χ4v) is 3.81. The van der Waals surface area contributed by atoms with Crippen LogP contribution >= 0.6 is 22.7 Å². The molecule has 0 radical (unpaired) electrons. The Hall–Kier alpha value is -2.78. The number of benzene rings is 1. The molecule has 0 unspecified atom stereocenters. The number of thiophene rings is 1. The van der Waals surface area contributed by atoms with E-state index in [4.69, 9.17) is 4.74 Å². The van der Waals surface area contributed by atoms with Gasteiger partial charge in [-0.05, 0) is 23.6 Å². The van der Waals surface area contributed by atoms with E-state index in [2.05, 4.69) is 4.98 Å². The van der Waals surface area contributed by atoms with Crippen LogP contribution in [0.5, 0.6) is 0 Å². The topological polar surface area (TPSA) is 85.6 Å². The van der Waals surface area contributed by atoms with Gasteiger partial charge in [0.05, 0.1) is 16.2 Å². The van der Waals surface area contributed by atoms with Crippen molar-refractivity contribution in [2.45, 2.75) is 6.61 Å². The highest BCUT2D eigenvalue weighted by atomic mass is 32.1. The fraction of sp³-hybridized carbons (Fsp3) is 0.176. The van der Waals surface area contributed by atoms with E-state index >= 15 is 0 Å². The third kappa shape index (κ3) is 3.89. The van der Waals surface area contributed by atoms with Gasteiger partial charge in [-0.25, -0.2) is 9.78 Å². The largest absolute Gasteiger partial charge is 0.456 e. The van der Waals surface area contributed by atoms with Gasteiger partial charge in [0, 0.05) is 36.5 Å². The summed E-state index contributed by atoms with van der Waals surface area (Å²) in [5.41, 5.74) is 2.09. The number of hydrogen-bond donors (Lipinski definition) is 0.